The van der Waals surface area contributed by atoms with Gasteiger partial charge in [0.05, 0.1) is 12.1 Å². The SMILES string of the molecule is CC(C)c1ccc(CC(=O)N2CCC2(C)C(=O)Nc2ccccc2F)cc1. The van der Waals surface area contributed by atoms with E-state index in [1.165, 1.54) is 17.7 Å². The number of amides is 2. The molecule has 0 radical (unpaired) electrons. The van der Waals surface area contributed by atoms with Crippen molar-refractivity contribution < 1.29 is 14.0 Å². The Hall–Kier alpha value is -2.69. The number of nitrogens with zero attached hydrogens (tertiary/aromatic N) is 1. The van der Waals surface area contributed by atoms with Gasteiger partial charge >= 0.3 is 0 Å². The molecule has 3 rings (SSSR count). The van der Waals surface area contributed by atoms with Crippen LogP contribution in [0.15, 0.2) is 48.5 Å². The van der Waals surface area contributed by atoms with E-state index in [1.54, 1.807) is 24.0 Å². The lowest BCUT2D eigenvalue weighted by atomic mass is 9.84. The van der Waals surface area contributed by atoms with Gasteiger partial charge in [0.2, 0.25) is 11.8 Å². The van der Waals surface area contributed by atoms with Gasteiger partial charge in [-0.1, -0.05) is 50.2 Å². The van der Waals surface area contributed by atoms with E-state index in [1.807, 2.05) is 24.3 Å². The fourth-order valence-electron chi connectivity index (χ4n) is 3.31. The third kappa shape index (κ3) is 3.87. The molecule has 0 aromatic heterocycles. The molecule has 0 saturated carbocycles. The summed E-state index contributed by atoms with van der Waals surface area (Å²) in [5.74, 6) is -0.500. The second kappa shape index (κ2) is 7.51. The molecule has 1 fully saturated rings. The number of nitrogens with one attached hydrogen (secondary N) is 1. The molecule has 1 N–H and O–H groups in total. The van der Waals surface area contributed by atoms with Crippen LogP contribution in [0.1, 0.15) is 44.2 Å². The van der Waals surface area contributed by atoms with Crippen LogP contribution in [-0.4, -0.2) is 28.8 Å². The summed E-state index contributed by atoms with van der Waals surface area (Å²) in [6.45, 7) is 6.51. The number of rotatable bonds is 5. The number of benzene rings is 2. The van der Waals surface area contributed by atoms with Crippen LogP contribution in [0.25, 0.3) is 0 Å². The minimum absolute atomic E-state index is 0.0928. The van der Waals surface area contributed by atoms with Crippen LogP contribution in [0, 0.1) is 5.82 Å². The number of anilines is 1. The van der Waals surface area contributed by atoms with Crippen molar-refractivity contribution in [2.45, 2.75) is 45.1 Å². The fourth-order valence-corrected chi connectivity index (χ4v) is 3.31. The number of carbonyl (C=O) groups is 2. The molecule has 2 amide bonds. The number of para-hydroxylation sites is 1. The molecule has 1 aliphatic rings. The van der Waals surface area contributed by atoms with Gasteiger partial charge < -0.3 is 10.2 Å². The largest absolute Gasteiger partial charge is 0.328 e. The summed E-state index contributed by atoms with van der Waals surface area (Å²) in [4.78, 5) is 27.0. The Morgan fingerprint density at radius 3 is 2.37 bits per heavy atom. The smallest absolute Gasteiger partial charge is 0.250 e. The average Bonchev–Trinajstić information content (AvgIpc) is 2.62. The van der Waals surface area contributed by atoms with Gasteiger partial charge in [-0.3, -0.25) is 9.59 Å². The number of hydrogen-bond donors (Lipinski definition) is 1. The number of halogens is 1. The van der Waals surface area contributed by atoms with Crippen molar-refractivity contribution in [1.82, 2.24) is 4.90 Å². The first-order valence-electron chi connectivity index (χ1n) is 9.26. The third-order valence-corrected chi connectivity index (χ3v) is 5.33. The standard InChI is InChI=1S/C22H25FN2O2/c1-15(2)17-10-8-16(9-11-17)14-20(26)25-13-12-22(25,3)21(27)24-19-7-5-4-6-18(19)23/h4-11,15H,12-14H2,1-3H3,(H,24,27). The van der Waals surface area contributed by atoms with Crippen molar-refractivity contribution in [3.05, 3.63) is 65.5 Å². The highest BCUT2D eigenvalue weighted by Crippen LogP contribution is 2.32. The summed E-state index contributed by atoms with van der Waals surface area (Å²) in [5.41, 5.74) is 1.33. The van der Waals surface area contributed by atoms with Crippen LogP contribution in [0.5, 0.6) is 0 Å². The highest BCUT2D eigenvalue weighted by atomic mass is 19.1. The number of hydrogen-bond acceptors (Lipinski definition) is 2. The normalized spacial score (nSPS) is 18.9. The molecule has 27 heavy (non-hydrogen) atoms. The maximum atomic E-state index is 13.8. The third-order valence-electron chi connectivity index (χ3n) is 5.33. The van der Waals surface area contributed by atoms with Crippen LogP contribution in [0.4, 0.5) is 10.1 Å². The second-order valence-corrected chi connectivity index (χ2v) is 7.58. The summed E-state index contributed by atoms with van der Waals surface area (Å²) in [6, 6.07) is 14.0. The molecule has 1 saturated heterocycles. The maximum absolute atomic E-state index is 13.8. The van der Waals surface area contributed by atoms with Crippen molar-refractivity contribution in [2.75, 3.05) is 11.9 Å². The van der Waals surface area contributed by atoms with Gasteiger partial charge in [-0.25, -0.2) is 4.39 Å². The van der Waals surface area contributed by atoms with Gasteiger partial charge in [-0.2, -0.15) is 0 Å². The molecule has 0 aliphatic carbocycles. The molecule has 1 atom stereocenters. The lowest BCUT2D eigenvalue weighted by Crippen LogP contribution is -2.66. The zero-order chi connectivity index (χ0) is 19.6. The van der Waals surface area contributed by atoms with E-state index in [-0.39, 0.29) is 23.9 Å². The van der Waals surface area contributed by atoms with Gasteiger partial charge in [0.15, 0.2) is 0 Å². The summed E-state index contributed by atoms with van der Waals surface area (Å²) < 4.78 is 13.8. The van der Waals surface area contributed by atoms with Crippen LogP contribution in [-0.2, 0) is 16.0 Å². The molecule has 0 bridgehead atoms. The van der Waals surface area contributed by atoms with Crippen molar-refractivity contribution in [3.63, 3.8) is 0 Å². The van der Waals surface area contributed by atoms with Crippen molar-refractivity contribution >= 4 is 17.5 Å². The highest BCUT2D eigenvalue weighted by Gasteiger charge is 2.49. The zero-order valence-corrected chi connectivity index (χ0v) is 16.0. The molecule has 5 heteroatoms. The Kier molecular flexibility index (Phi) is 5.31. The fraction of sp³-hybridized carbons (Fsp3) is 0.364. The second-order valence-electron chi connectivity index (χ2n) is 7.58. The molecule has 0 spiro atoms. The van der Waals surface area contributed by atoms with E-state index < -0.39 is 11.4 Å². The topological polar surface area (TPSA) is 49.4 Å². The molecule has 1 heterocycles. The lowest BCUT2D eigenvalue weighted by molar-refractivity contribution is -0.154. The van der Waals surface area contributed by atoms with Gasteiger partial charge in [-0.15, -0.1) is 0 Å². The highest BCUT2D eigenvalue weighted by molar-refractivity contribution is 6.01. The molecule has 2 aromatic carbocycles. The predicted octanol–water partition coefficient (Wildman–Crippen LogP) is 4.12. The van der Waals surface area contributed by atoms with E-state index in [9.17, 15) is 14.0 Å². The number of carbonyl (C=O) groups excluding carboxylic acids is 2. The van der Waals surface area contributed by atoms with Crippen LogP contribution < -0.4 is 5.32 Å². The Bertz CT molecular complexity index is 848. The zero-order valence-electron chi connectivity index (χ0n) is 16.0. The van der Waals surface area contributed by atoms with Gasteiger partial charge in [0, 0.05) is 6.54 Å². The first-order chi connectivity index (χ1) is 12.8. The Balaban J connectivity index is 1.67. The summed E-state index contributed by atoms with van der Waals surface area (Å²) in [7, 11) is 0. The maximum Gasteiger partial charge on any atom is 0.250 e. The molecular weight excluding hydrogens is 343 g/mol. The van der Waals surface area contributed by atoms with Crippen molar-refractivity contribution in [2.24, 2.45) is 0 Å². The molecular formula is C22H25FN2O2. The van der Waals surface area contributed by atoms with Gasteiger partial charge in [0.25, 0.3) is 0 Å². The lowest BCUT2D eigenvalue weighted by Gasteiger charge is -2.49. The molecule has 2 aromatic rings. The Morgan fingerprint density at radius 2 is 1.81 bits per heavy atom. The summed E-state index contributed by atoms with van der Waals surface area (Å²) in [5, 5.41) is 2.61. The van der Waals surface area contributed by atoms with E-state index in [0.29, 0.717) is 18.9 Å². The van der Waals surface area contributed by atoms with Crippen molar-refractivity contribution in [3.8, 4) is 0 Å². The first kappa shape index (κ1) is 19.1. The van der Waals surface area contributed by atoms with E-state index in [0.717, 1.165) is 5.56 Å². The summed E-state index contributed by atoms with van der Waals surface area (Å²) >= 11 is 0. The first-order valence-corrected chi connectivity index (χ1v) is 9.26. The van der Waals surface area contributed by atoms with Crippen LogP contribution in [0.3, 0.4) is 0 Å². The minimum Gasteiger partial charge on any atom is -0.328 e. The quantitative estimate of drug-likeness (QED) is 0.863. The Labute approximate surface area is 159 Å². The number of likely N-dealkylation sites (tertiary alicyclic amines) is 1. The Morgan fingerprint density at radius 1 is 1.15 bits per heavy atom. The van der Waals surface area contributed by atoms with Gasteiger partial charge in [0.1, 0.15) is 11.4 Å². The van der Waals surface area contributed by atoms with Crippen LogP contribution in [0.2, 0.25) is 0 Å². The van der Waals surface area contributed by atoms with Gasteiger partial charge in [-0.05, 0) is 42.5 Å². The molecule has 1 aliphatic heterocycles. The van der Waals surface area contributed by atoms with Crippen LogP contribution >= 0.6 is 0 Å². The van der Waals surface area contributed by atoms with E-state index in [2.05, 4.69) is 19.2 Å². The molecule has 4 nitrogen and oxygen atoms in total. The molecule has 142 valence electrons. The van der Waals surface area contributed by atoms with Crippen molar-refractivity contribution in [1.29, 1.82) is 0 Å². The average molecular weight is 368 g/mol. The predicted molar refractivity (Wildman–Crippen MR) is 104 cm³/mol. The minimum atomic E-state index is -0.947. The molecule has 1 unspecified atom stereocenters. The van der Waals surface area contributed by atoms with E-state index in [4.69, 9.17) is 0 Å². The summed E-state index contributed by atoms with van der Waals surface area (Å²) in [6.07, 6.45) is 0.812. The monoisotopic (exact) mass is 368 g/mol. The van der Waals surface area contributed by atoms with E-state index >= 15 is 0 Å².